The van der Waals surface area contributed by atoms with Gasteiger partial charge in [0.15, 0.2) is 0 Å². The molecule has 2 amide bonds. The Kier molecular flexibility index (Phi) is 8.49. The lowest BCUT2D eigenvalue weighted by Crippen LogP contribution is -2.17. The minimum atomic E-state index is -0.412. The number of aromatic nitrogens is 4. The average molecular weight is 517 g/mol. The van der Waals surface area contributed by atoms with Gasteiger partial charge in [-0.1, -0.05) is 6.42 Å². The zero-order valence-corrected chi connectivity index (χ0v) is 21.7. The van der Waals surface area contributed by atoms with Gasteiger partial charge in [0.05, 0.1) is 5.52 Å². The molecule has 0 saturated heterocycles. The van der Waals surface area contributed by atoms with Crippen molar-refractivity contribution in [2.75, 3.05) is 22.6 Å². The maximum absolute atomic E-state index is 12.2. The second-order valence-corrected chi connectivity index (χ2v) is 9.05. The van der Waals surface area contributed by atoms with E-state index in [0.29, 0.717) is 30.9 Å². The van der Waals surface area contributed by atoms with Crippen LogP contribution in [0.2, 0.25) is 0 Å². The van der Waals surface area contributed by atoms with Gasteiger partial charge in [0, 0.05) is 61.3 Å². The van der Waals surface area contributed by atoms with Crippen LogP contribution in [0.5, 0.6) is 0 Å². The van der Waals surface area contributed by atoms with E-state index in [4.69, 9.17) is 5.21 Å². The molecule has 4 aromatic rings. The fraction of sp³-hybridized carbons (Fsp3) is 0.296. The number of hydrogen-bond acceptors (Lipinski definition) is 8. The molecule has 0 unspecified atom stereocenters. The molecule has 4 rings (SSSR count). The topological polar surface area (TPSA) is 137 Å². The van der Waals surface area contributed by atoms with Crippen LogP contribution >= 0.6 is 0 Å². The van der Waals surface area contributed by atoms with E-state index in [2.05, 4.69) is 44.8 Å². The van der Waals surface area contributed by atoms with E-state index in [1.807, 2.05) is 60.1 Å². The number of unbranched alkanes of at least 4 members (excludes halogenated alkanes) is 2. The number of benzene rings is 2. The first-order valence-electron chi connectivity index (χ1n) is 12.4. The highest BCUT2D eigenvalue weighted by molar-refractivity contribution is 5.91. The van der Waals surface area contributed by atoms with Crippen molar-refractivity contribution in [1.82, 2.24) is 25.2 Å². The number of hydrogen-bond donors (Lipinski definition) is 4. The van der Waals surface area contributed by atoms with Crippen molar-refractivity contribution in [3.63, 3.8) is 0 Å². The molecular weight excluding hydrogens is 484 g/mol. The van der Waals surface area contributed by atoms with E-state index >= 15 is 0 Å². The van der Waals surface area contributed by atoms with Crippen molar-refractivity contribution in [1.29, 1.82) is 0 Å². The summed E-state index contributed by atoms with van der Waals surface area (Å²) in [5.41, 5.74) is 6.10. The van der Waals surface area contributed by atoms with Crippen molar-refractivity contribution < 1.29 is 14.8 Å². The molecule has 198 valence electrons. The molecule has 0 spiro atoms. The number of rotatable bonds is 11. The van der Waals surface area contributed by atoms with E-state index in [9.17, 15) is 9.59 Å². The van der Waals surface area contributed by atoms with Gasteiger partial charge in [-0.05, 0) is 68.3 Å². The Morgan fingerprint density at radius 3 is 2.42 bits per heavy atom. The van der Waals surface area contributed by atoms with Crippen molar-refractivity contribution >= 4 is 51.5 Å². The number of fused-ring (bicyclic) bond motifs is 1. The SMILES string of the molecule is Cc1c2ccc(N(C)c3ccnc(Nc4ccc(NC(=O)CCCCCC(=O)NO)cc4)n3)cc2nn1C. The fourth-order valence-electron chi connectivity index (χ4n) is 4.05. The number of amides is 2. The number of nitrogens with zero attached hydrogens (tertiary/aromatic N) is 5. The summed E-state index contributed by atoms with van der Waals surface area (Å²) in [5.74, 6) is 0.687. The third-order valence-corrected chi connectivity index (χ3v) is 6.34. The molecule has 0 aliphatic carbocycles. The summed E-state index contributed by atoms with van der Waals surface area (Å²) in [7, 11) is 3.89. The van der Waals surface area contributed by atoms with Crippen molar-refractivity contribution in [3.05, 3.63) is 60.4 Å². The number of aryl methyl sites for hydroxylation is 2. The summed E-state index contributed by atoms with van der Waals surface area (Å²) >= 11 is 0. The largest absolute Gasteiger partial charge is 0.329 e. The molecule has 2 aromatic carbocycles. The van der Waals surface area contributed by atoms with Crippen LogP contribution in [-0.2, 0) is 16.6 Å². The van der Waals surface area contributed by atoms with Crippen molar-refractivity contribution in [2.45, 2.75) is 39.0 Å². The van der Waals surface area contributed by atoms with Crippen molar-refractivity contribution in [3.8, 4) is 0 Å². The van der Waals surface area contributed by atoms with Gasteiger partial charge >= 0.3 is 0 Å². The Hall–Kier alpha value is -4.51. The summed E-state index contributed by atoms with van der Waals surface area (Å²) in [4.78, 5) is 34.1. The Bertz CT molecular complexity index is 1420. The Balaban J connectivity index is 1.32. The van der Waals surface area contributed by atoms with Gasteiger partial charge in [-0.25, -0.2) is 10.5 Å². The first kappa shape index (κ1) is 26.6. The minimum Gasteiger partial charge on any atom is -0.329 e. The zero-order valence-electron chi connectivity index (χ0n) is 21.7. The second-order valence-electron chi connectivity index (χ2n) is 9.05. The maximum Gasteiger partial charge on any atom is 0.243 e. The normalized spacial score (nSPS) is 10.8. The van der Waals surface area contributed by atoms with Crippen LogP contribution in [-0.4, -0.2) is 43.8 Å². The van der Waals surface area contributed by atoms with Crippen LogP contribution in [0.3, 0.4) is 0 Å². The smallest absolute Gasteiger partial charge is 0.243 e. The highest BCUT2D eigenvalue weighted by atomic mass is 16.5. The molecule has 0 bridgehead atoms. The van der Waals surface area contributed by atoms with Gasteiger partial charge in [0.1, 0.15) is 5.82 Å². The lowest BCUT2D eigenvalue weighted by Gasteiger charge is -2.19. The third kappa shape index (κ3) is 6.62. The van der Waals surface area contributed by atoms with Crippen LogP contribution < -0.4 is 21.0 Å². The molecule has 2 heterocycles. The lowest BCUT2D eigenvalue weighted by molar-refractivity contribution is -0.129. The summed E-state index contributed by atoms with van der Waals surface area (Å²) in [5, 5.41) is 20.3. The standard InChI is InChI=1S/C27H32N8O3/c1-18-22-14-13-21(17-23(22)32-35(18)3)34(2)24-15-16-28-27(31-24)30-20-11-9-19(10-12-20)29-25(36)7-5-4-6-8-26(37)33-38/h9-17,38H,4-8H2,1-3H3,(H,29,36)(H,33,37)(H,28,30,31). The molecule has 38 heavy (non-hydrogen) atoms. The molecule has 0 fully saturated rings. The maximum atomic E-state index is 12.2. The quantitative estimate of drug-likeness (QED) is 0.129. The van der Waals surface area contributed by atoms with Crippen LogP contribution in [0, 0.1) is 6.92 Å². The zero-order chi connectivity index (χ0) is 27.1. The van der Waals surface area contributed by atoms with E-state index in [1.54, 1.807) is 11.7 Å². The number of carbonyl (C=O) groups is 2. The Morgan fingerprint density at radius 1 is 0.974 bits per heavy atom. The van der Waals surface area contributed by atoms with Gasteiger partial charge in [0.25, 0.3) is 0 Å². The van der Waals surface area contributed by atoms with Crippen LogP contribution in [0.1, 0.15) is 37.8 Å². The van der Waals surface area contributed by atoms with Gasteiger partial charge in [-0.3, -0.25) is 19.5 Å². The molecule has 0 atom stereocenters. The van der Waals surface area contributed by atoms with E-state index in [0.717, 1.165) is 40.2 Å². The molecule has 11 heteroatoms. The van der Waals surface area contributed by atoms with E-state index < -0.39 is 5.91 Å². The molecule has 0 radical (unpaired) electrons. The van der Waals surface area contributed by atoms with Gasteiger partial charge in [-0.15, -0.1) is 0 Å². The molecule has 0 aliphatic rings. The van der Waals surface area contributed by atoms with Gasteiger partial charge in [0.2, 0.25) is 17.8 Å². The summed E-state index contributed by atoms with van der Waals surface area (Å²) in [6, 6.07) is 15.3. The monoisotopic (exact) mass is 516 g/mol. The van der Waals surface area contributed by atoms with E-state index in [1.165, 1.54) is 0 Å². The molecular formula is C27H32N8O3. The van der Waals surface area contributed by atoms with Crippen molar-refractivity contribution in [2.24, 2.45) is 7.05 Å². The highest BCUT2D eigenvalue weighted by Crippen LogP contribution is 2.27. The lowest BCUT2D eigenvalue weighted by atomic mass is 10.1. The van der Waals surface area contributed by atoms with Gasteiger partial charge < -0.3 is 15.5 Å². The second kappa shape index (κ2) is 12.2. The minimum absolute atomic E-state index is 0.0876. The summed E-state index contributed by atoms with van der Waals surface area (Å²) < 4.78 is 1.88. The van der Waals surface area contributed by atoms with Crippen LogP contribution in [0.4, 0.5) is 28.8 Å². The number of carbonyl (C=O) groups excluding carboxylic acids is 2. The predicted octanol–water partition coefficient (Wildman–Crippen LogP) is 4.58. The first-order chi connectivity index (χ1) is 18.3. The Labute approximate surface area is 220 Å². The van der Waals surface area contributed by atoms with E-state index in [-0.39, 0.29) is 12.3 Å². The average Bonchev–Trinajstić information content (AvgIpc) is 3.21. The van der Waals surface area contributed by atoms with Crippen LogP contribution in [0.15, 0.2) is 54.7 Å². The first-order valence-corrected chi connectivity index (χ1v) is 12.4. The third-order valence-electron chi connectivity index (χ3n) is 6.34. The molecule has 0 aliphatic heterocycles. The number of hydroxylamine groups is 1. The highest BCUT2D eigenvalue weighted by Gasteiger charge is 2.11. The Morgan fingerprint density at radius 2 is 1.68 bits per heavy atom. The van der Waals surface area contributed by atoms with Gasteiger partial charge in [-0.2, -0.15) is 10.1 Å². The summed E-state index contributed by atoms with van der Waals surface area (Å²) in [6.45, 7) is 2.05. The molecule has 2 aromatic heterocycles. The van der Waals surface area contributed by atoms with Crippen LogP contribution in [0.25, 0.3) is 10.9 Å². The molecule has 0 saturated carbocycles. The molecule has 11 nitrogen and oxygen atoms in total. The summed E-state index contributed by atoms with van der Waals surface area (Å²) in [6.07, 6.45) is 4.34. The number of anilines is 5. The fourth-order valence-corrected chi connectivity index (χ4v) is 4.05. The predicted molar refractivity (Wildman–Crippen MR) is 147 cm³/mol. The number of nitrogens with one attached hydrogen (secondary N) is 3. The molecule has 4 N–H and O–H groups in total.